The molecule has 2 aromatic heterocycles. The molecule has 5 heteroatoms. The Balaban J connectivity index is 0.00000192. The lowest BCUT2D eigenvalue weighted by molar-refractivity contribution is -0.643. The maximum Gasteiger partial charge on any atom is 0.344 e. The van der Waals surface area contributed by atoms with Crippen molar-refractivity contribution in [2.75, 3.05) is 19.0 Å². The van der Waals surface area contributed by atoms with E-state index in [0.29, 0.717) is 11.0 Å². The van der Waals surface area contributed by atoms with Gasteiger partial charge in [-0.1, -0.05) is 12.1 Å². The first-order valence-corrected chi connectivity index (χ1v) is 8.92. The van der Waals surface area contributed by atoms with E-state index in [0.717, 1.165) is 32.7 Å². The molecule has 0 aliphatic rings. The molecule has 5 rings (SSSR count). The van der Waals surface area contributed by atoms with E-state index < -0.39 is 0 Å². The molecule has 0 aliphatic carbocycles. The minimum absolute atomic E-state index is 0. The van der Waals surface area contributed by atoms with Crippen LogP contribution in [0.2, 0.25) is 0 Å². The molecule has 4 nitrogen and oxygen atoms in total. The maximum atomic E-state index is 12.7. The first kappa shape index (κ1) is 18.7. The van der Waals surface area contributed by atoms with Crippen molar-refractivity contribution in [2.45, 2.75) is 0 Å². The molecule has 0 saturated heterocycles. The topological polar surface area (TPSA) is 37.3 Å². The lowest BCUT2D eigenvalue weighted by Gasteiger charge is -2.13. The van der Waals surface area contributed by atoms with Gasteiger partial charge in [0.05, 0.1) is 10.8 Å². The highest BCUT2D eigenvalue weighted by Crippen LogP contribution is 2.31. The molecule has 0 amide bonds. The lowest BCUT2D eigenvalue weighted by Crippen LogP contribution is -3.00. The number of aryl methyl sites for hydroxylation is 1. The van der Waals surface area contributed by atoms with Gasteiger partial charge in [-0.2, -0.15) is 0 Å². The summed E-state index contributed by atoms with van der Waals surface area (Å²) < 4.78 is 7.74. The van der Waals surface area contributed by atoms with Crippen molar-refractivity contribution in [3.63, 3.8) is 0 Å². The Morgan fingerprint density at radius 2 is 1.64 bits per heavy atom. The summed E-state index contributed by atoms with van der Waals surface area (Å²) >= 11 is 0. The molecule has 0 fully saturated rings. The molecular weight excluding hydrogens is 463 g/mol. The predicted molar refractivity (Wildman–Crippen MR) is 111 cm³/mol. The molecule has 0 N–H and O–H groups in total. The van der Waals surface area contributed by atoms with Crippen molar-refractivity contribution in [2.24, 2.45) is 7.05 Å². The standard InChI is InChI=1S/C23H19N2O2.HI/c1-24(2)15-8-9-17-19-12-18-14(10-20(19)23(26)27-22(17)11-15)13-25(3)21-7-5-4-6-16(18)21;/h4-13H,1-3H3;1H/q+1;/p-1. The highest BCUT2D eigenvalue weighted by molar-refractivity contribution is 6.15. The third-order valence-electron chi connectivity index (χ3n) is 5.29. The third kappa shape index (κ3) is 2.73. The fourth-order valence-electron chi connectivity index (χ4n) is 3.89. The normalized spacial score (nSPS) is 11.2. The van der Waals surface area contributed by atoms with Crippen LogP contribution in [0, 0.1) is 0 Å². The third-order valence-corrected chi connectivity index (χ3v) is 5.29. The number of anilines is 1. The molecule has 0 unspecified atom stereocenters. The highest BCUT2D eigenvalue weighted by Gasteiger charge is 2.15. The average Bonchev–Trinajstić information content (AvgIpc) is 2.67. The quantitative estimate of drug-likeness (QED) is 0.118. The van der Waals surface area contributed by atoms with Gasteiger partial charge in [0.2, 0.25) is 5.52 Å². The number of pyridine rings is 1. The summed E-state index contributed by atoms with van der Waals surface area (Å²) in [6.45, 7) is 0. The van der Waals surface area contributed by atoms with Crippen LogP contribution in [0.3, 0.4) is 0 Å². The Bertz CT molecular complexity index is 1440. The molecule has 28 heavy (non-hydrogen) atoms. The van der Waals surface area contributed by atoms with Crippen molar-refractivity contribution in [3.05, 3.63) is 71.2 Å². The van der Waals surface area contributed by atoms with Crippen molar-refractivity contribution in [1.29, 1.82) is 0 Å². The molecule has 0 spiro atoms. The number of hydrogen-bond acceptors (Lipinski definition) is 3. The van der Waals surface area contributed by atoms with Crippen molar-refractivity contribution < 1.29 is 33.0 Å². The van der Waals surface area contributed by atoms with Gasteiger partial charge in [-0.15, -0.1) is 0 Å². The Morgan fingerprint density at radius 3 is 2.43 bits per heavy atom. The van der Waals surface area contributed by atoms with Crippen LogP contribution < -0.4 is 39.1 Å². The molecule has 0 aliphatic heterocycles. The van der Waals surface area contributed by atoms with Gasteiger partial charge in [-0.3, -0.25) is 0 Å². The first-order valence-electron chi connectivity index (χ1n) is 8.92. The monoisotopic (exact) mass is 482 g/mol. The maximum absolute atomic E-state index is 12.7. The summed E-state index contributed by atoms with van der Waals surface area (Å²) in [5, 5.41) is 5.83. The van der Waals surface area contributed by atoms with Gasteiger partial charge >= 0.3 is 5.63 Å². The van der Waals surface area contributed by atoms with Crippen LogP contribution in [-0.2, 0) is 7.05 Å². The number of benzene rings is 3. The molecule has 3 aromatic carbocycles. The van der Waals surface area contributed by atoms with Crippen LogP contribution in [-0.4, -0.2) is 14.1 Å². The number of para-hydroxylation sites is 1. The highest BCUT2D eigenvalue weighted by atomic mass is 127. The van der Waals surface area contributed by atoms with Crippen molar-refractivity contribution >= 4 is 49.1 Å². The Labute approximate surface area is 179 Å². The van der Waals surface area contributed by atoms with Crippen molar-refractivity contribution in [1.82, 2.24) is 0 Å². The zero-order valence-corrected chi connectivity index (χ0v) is 18.0. The molecular formula is C23H19IN2O2. The molecule has 0 saturated carbocycles. The van der Waals surface area contributed by atoms with Crippen molar-refractivity contribution in [3.8, 4) is 0 Å². The molecule has 140 valence electrons. The van der Waals surface area contributed by atoms with Gasteiger partial charge in [0.15, 0.2) is 6.20 Å². The Kier molecular flexibility index (Phi) is 4.50. The smallest absolute Gasteiger partial charge is 0.344 e. The van der Waals surface area contributed by atoms with Gasteiger partial charge < -0.3 is 33.3 Å². The van der Waals surface area contributed by atoms with Gasteiger partial charge in [-0.05, 0) is 30.3 Å². The fourth-order valence-corrected chi connectivity index (χ4v) is 3.89. The SMILES string of the molecule is CN(C)c1ccc2c(c1)oc(=O)c1cc3c[n+](C)c4ccccc4c3cc12.[I-]. The minimum atomic E-state index is -0.300. The van der Waals surface area contributed by atoms with Crippen LogP contribution >= 0.6 is 0 Å². The summed E-state index contributed by atoms with van der Waals surface area (Å²) in [6, 6.07) is 18.4. The zero-order valence-electron chi connectivity index (χ0n) is 15.9. The summed E-state index contributed by atoms with van der Waals surface area (Å²) in [5.74, 6) is 0. The fraction of sp³-hybridized carbons (Fsp3) is 0.130. The van der Waals surface area contributed by atoms with Crippen LogP contribution in [0.4, 0.5) is 5.69 Å². The van der Waals surface area contributed by atoms with E-state index in [9.17, 15) is 4.79 Å². The first-order chi connectivity index (χ1) is 13.0. The second kappa shape index (κ2) is 6.74. The van der Waals surface area contributed by atoms with Crippen LogP contribution in [0.15, 0.2) is 70.0 Å². The van der Waals surface area contributed by atoms with E-state index in [-0.39, 0.29) is 29.6 Å². The Hall–Kier alpha value is -2.67. The van der Waals surface area contributed by atoms with Gasteiger partial charge in [-0.25, -0.2) is 9.36 Å². The van der Waals surface area contributed by atoms with E-state index >= 15 is 0 Å². The second-order valence-corrected chi connectivity index (χ2v) is 7.21. The van der Waals surface area contributed by atoms with E-state index in [4.69, 9.17) is 4.42 Å². The predicted octanol–water partition coefficient (Wildman–Crippen LogP) is 1.15. The van der Waals surface area contributed by atoms with Crippen LogP contribution in [0.5, 0.6) is 0 Å². The number of aromatic nitrogens is 1. The van der Waals surface area contributed by atoms with E-state index in [1.54, 1.807) is 0 Å². The minimum Gasteiger partial charge on any atom is -1.00 e. The van der Waals surface area contributed by atoms with Gasteiger partial charge in [0, 0.05) is 53.5 Å². The molecule has 2 heterocycles. The number of fused-ring (bicyclic) bond motifs is 6. The number of halogens is 1. The molecule has 0 radical (unpaired) electrons. The number of nitrogens with zero attached hydrogens (tertiary/aromatic N) is 2. The Morgan fingerprint density at radius 1 is 0.857 bits per heavy atom. The molecule has 0 bridgehead atoms. The second-order valence-electron chi connectivity index (χ2n) is 7.21. The van der Waals surface area contributed by atoms with Gasteiger partial charge in [0.1, 0.15) is 12.6 Å². The lowest BCUT2D eigenvalue weighted by atomic mass is 10.00. The zero-order chi connectivity index (χ0) is 18.7. The molecule has 0 atom stereocenters. The largest absolute Gasteiger partial charge is 1.00 e. The van der Waals surface area contributed by atoms with Gasteiger partial charge in [0.25, 0.3) is 0 Å². The number of rotatable bonds is 1. The summed E-state index contributed by atoms with van der Waals surface area (Å²) in [7, 11) is 5.97. The average molecular weight is 482 g/mol. The van der Waals surface area contributed by atoms with E-state index in [2.05, 4.69) is 35.0 Å². The van der Waals surface area contributed by atoms with E-state index in [1.807, 2.05) is 56.4 Å². The summed E-state index contributed by atoms with van der Waals surface area (Å²) in [5.41, 5.74) is 2.48. The van der Waals surface area contributed by atoms with E-state index in [1.165, 1.54) is 5.39 Å². The summed E-state index contributed by atoms with van der Waals surface area (Å²) in [4.78, 5) is 14.7. The van der Waals surface area contributed by atoms with Crippen LogP contribution in [0.25, 0.3) is 43.4 Å². The molecule has 5 aromatic rings. The number of hydrogen-bond donors (Lipinski definition) is 0. The van der Waals surface area contributed by atoms with Crippen LogP contribution in [0.1, 0.15) is 0 Å². The summed E-state index contributed by atoms with van der Waals surface area (Å²) in [6.07, 6.45) is 2.07.